The number of thiazole rings is 1. The Hall–Kier alpha value is -3.06. The Morgan fingerprint density at radius 1 is 1.12 bits per heavy atom. The molecule has 2 aromatic heterocycles. The van der Waals surface area contributed by atoms with Crippen molar-refractivity contribution < 1.29 is 9.59 Å². The van der Waals surface area contributed by atoms with Crippen LogP contribution in [0, 0.1) is 6.92 Å². The first kappa shape index (κ1) is 16.8. The van der Waals surface area contributed by atoms with Crippen LogP contribution in [0.2, 0.25) is 0 Å². The minimum absolute atomic E-state index is 0.159. The maximum absolute atomic E-state index is 12.4. The van der Waals surface area contributed by atoms with Crippen molar-refractivity contribution in [3.8, 4) is 0 Å². The lowest BCUT2D eigenvalue weighted by atomic mass is 10.1. The highest BCUT2D eigenvalue weighted by Crippen LogP contribution is 2.21. The van der Waals surface area contributed by atoms with Crippen molar-refractivity contribution in [2.75, 3.05) is 10.6 Å². The number of pyridine rings is 1. The van der Waals surface area contributed by atoms with Gasteiger partial charge < -0.3 is 5.32 Å². The number of carbonyl (C=O) groups is 2. The van der Waals surface area contributed by atoms with Crippen LogP contribution < -0.4 is 10.6 Å². The van der Waals surface area contributed by atoms with E-state index in [0.29, 0.717) is 21.9 Å². The van der Waals surface area contributed by atoms with Crippen LogP contribution in [0.1, 0.15) is 21.5 Å². The van der Waals surface area contributed by atoms with Gasteiger partial charge in [0, 0.05) is 35.2 Å². The van der Waals surface area contributed by atoms with Crippen LogP contribution >= 0.6 is 11.3 Å². The van der Waals surface area contributed by atoms with Gasteiger partial charge in [-0.3, -0.25) is 19.9 Å². The molecule has 0 aliphatic heterocycles. The summed E-state index contributed by atoms with van der Waals surface area (Å²) in [5, 5.41) is 7.93. The van der Waals surface area contributed by atoms with E-state index in [0.717, 1.165) is 5.56 Å². The molecule has 0 radical (unpaired) electrons. The van der Waals surface area contributed by atoms with Crippen LogP contribution in [0.15, 0.2) is 54.3 Å². The molecule has 0 spiro atoms. The summed E-state index contributed by atoms with van der Waals surface area (Å²) in [5.74, 6) is -0.413. The third kappa shape index (κ3) is 4.27. The molecule has 0 aliphatic rings. The van der Waals surface area contributed by atoms with E-state index < -0.39 is 0 Å². The van der Waals surface area contributed by atoms with Gasteiger partial charge in [0.05, 0.1) is 6.42 Å². The van der Waals surface area contributed by atoms with Crippen molar-refractivity contribution >= 4 is 34.0 Å². The predicted molar refractivity (Wildman–Crippen MR) is 97.8 cm³/mol. The van der Waals surface area contributed by atoms with Crippen molar-refractivity contribution in [3.05, 3.63) is 71.0 Å². The van der Waals surface area contributed by atoms with Gasteiger partial charge in [-0.2, -0.15) is 0 Å². The zero-order valence-corrected chi connectivity index (χ0v) is 14.3. The second-order valence-electron chi connectivity index (χ2n) is 5.36. The van der Waals surface area contributed by atoms with Gasteiger partial charge in [-0.1, -0.05) is 12.1 Å². The number of benzene rings is 1. The van der Waals surface area contributed by atoms with E-state index in [1.54, 1.807) is 55.2 Å². The summed E-state index contributed by atoms with van der Waals surface area (Å²) in [4.78, 5) is 32.7. The van der Waals surface area contributed by atoms with Crippen LogP contribution in [-0.4, -0.2) is 21.8 Å². The molecule has 2 N–H and O–H groups in total. The average molecular weight is 352 g/mol. The topological polar surface area (TPSA) is 84.0 Å². The zero-order chi connectivity index (χ0) is 17.6. The van der Waals surface area contributed by atoms with Gasteiger partial charge >= 0.3 is 0 Å². The number of carbonyl (C=O) groups excluding carboxylic acids is 2. The Labute approximate surface area is 149 Å². The van der Waals surface area contributed by atoms with Crippen molar-refractivity contribution in [2.24, 2.45) is 0 Å². The van der Waals surface area contributed by atoms with E-state index in [1.807, 2.05) is 6.07 Å². The molecular formula is C18H16N4O2S. The highest BCUT2D eigenvalue weighted by molar-refractivity contribution is 7.13. The van der Waals surface area contributed by atoms with Gasteiger partial charge in [-0.05, 0) is 36.2 Å². The fraction of sp³-hybridized carbons (Fsp3) is 0.111. The zero-order valence-electron chi connectivity index (χ0n) is 13.5. The molecule has 0 fully saturated rings. The molecule has 0 bridgehead atoms. The normalized spacial score (nSPS) is 10.3. The SMILES string of the molecule is Cc1c(NC(=O)Cc2cccnc2)cccc1C(=O)Nc1nccs1. The first-order valence-electron chi connectivity index (χ1n) is 7.62. The van der Waals surface area contributed by atoms with Gasteiger partial charge in [0.1, 0.15) is 0 Å². The first-order chi connectivity index (χ1) is 12.1. The molecular weight excluding hydrogens is 336 g/mol. The van der Waals surface area contributed by atoms with Crippen LogP contribution in [0.25, 0.3) is 0 Å². The molecule has 126 valence electrons. The highest BCUT2D eigenvalue weighted by atomic mass is 32.1. The van der Waals surface area contributed by atoms with Gasteiger partial charge in [0.2, 0.25) is 5.91 Å². The number of hydrogen-bond acceptors (Lipinski definition) is 5. The Morgan fingerprint density at radius 2 is 2.00 bits per heavy atom. The summed E-state index contributed by atoms with van der Waals surface area (Å²) in [6, 6.07) is 8.86. The highest BCUT2D eigenvalue weighted by Gasteiger charge is 2.14. The Bertz CT molecular complexity index is 879. The lowest BCUT2D eigenvalue weighted by Gasteiger charge is -2.12. The first-order valence-corrected chi connectivity index (χ1v) is 8.50. The Morgan fingerprint density at radius 3 is 2.72 bits per heavy atom. The Kier molecular flexibility index (Phi) is 5.15. The average Bonchev–Trinajstić information content (AvgIpc) is 3.10. The molecule has 3 aromatic rings. The lowest BCUT2D eigenvalue weighted by molar-refractivity contribution is -0.115. The molecule has 2 heterocycles. The summed E-state index contributed by atoms with van der Waals surface area (Å²) in [5.41, 5.74) is 2.64. The molecule has 3 rings (SSSR count). The minimum atomic E-state index is -0.254. The fourth-order valence-corrected chi connectivity index (χ4v) is 2.87. The summed E-state index contributed by atoms with van der Waals surface area (Å²) in [6.45, 7) is 1.80. The predicted octanol–water partition coefficient (Wildman–Crippen LogP) is 3.28. The molecule has 0 atom stereocenters. The summed E-state index contributed by atoms with van der Waals surface area (Å²) in [6.07, 6.45) is 5.17. The number of aromatic nitrogens is 2. The summed E-state index contributed by atoms with van der Waals surface area (Å²) in [7, 11) is 0. The molecule has 2 amide bonds. The van der Waals surface area contributed by atoms with E-state index in [9.17, 15) is 9.59 Å². The van der Waals surface area contributed by atoms with Gasteiger partial charge in [-0.25, -0.2) is 4.98 Å². The van der Waals surface area contributed by atoms with Crippen molar-refractivity contribution in [3.63, 3.8) is 0 Å². The van der Waals surface area contributed by atoms with Gasteiger partial charge in [-0.15, -0.1) is 11.3 Å². The van der Waals surface area contributed by atoms with Crippen molar-refractivity contribution in [1.29, 1.82) is 0 Å². The number of nitrogens with zero attached hydrogens (tertiary/aromatic N) is 2. The van der Waals surface area contributed by atoms with Gasteiger partial charge in [0.15, 0.2) is 5.13 Å². The fourth-order valence-electron chi connectivity index (χ4n) is 2.35. The second kappa shape index (κ2) is 7.67. The summed E-state index contributed by atoms with van der Waals surface area (Å²) < 4.78 is 0. The van der Waals surface area contributed by atoms with E-state index in [2.05, 4.69) is 20.6 Å². The molecule has 0 aliphatic carbocycles. The van der Waals surface area contributed by atoms with Crippen LogP contribution in [0.3, 0.4) is 0 Å². The molecule has 25 heavy (non-hydrogen) atoms. The summed E-state index contributed by atoms with van der Waals surface area (Å²) >= 11 is 1.35. The van der Waals surface area contributed by atoms with E-state index in [-0.39, 0.29) is 18.2 Å². The number of hydrogen-bond donors (Lipinski definition) is 2. The van der Waals surface area contributed by atoms with Crippen molar-refractivity contribution in [1.82, 2.24) is 9.97 Å². The lowest BCUT2D eigenvalue weighted by Crippen LogP contribution is -2.18. The molecule has 0 saturated carbocycles. The van der Waals surface area contributed by atoms with E-state index >= 15 is 0 Å². The number of rotatable bonds is 5. The molecule has 1 aromatic carbocycles. The van der Waals surface area contributed by atoms with Crippen LogP contribution in [0.5, 0.6) is 0 Å². The second-order valence-corrected chi connectivity index (χ2v) is 6.25. The number of amides is 2. The molecule has 0 saturated heterocycles. The molecule has 7 heteroatoms. The molecule has 0 unspecified atom stereocenters. The third-order valence-corrected chi connectivity index (χ3v) is 4.28. The standard InChI is InChI=1S/C18H16N4O2S/c1-12-14(17(24)22-18-20-8-9-25-18)5-2-6-15(12)21-16(23)10-13-4-3-7-19-11-13/h2-9,11H,10H2,1H3,(H,21,23)(H,20,22,24). The Balaban J connectivity index is 1.72. The van der Waals surface area contributed by atoms with Crippen LogP contribution in [-0.2, 0) is 11.2 Å². The van der Waals surface area contributed by atoms with Gasteiger partial charge in [0.25, 0.3) is 5.91 Å². The largest absolute Gasteiger partial charge is 0.326 e. The quantitative estimate of drug-likeness (QED) is 0.738. The minimum Gasteiger partial charge on any atom is -0.326 e. The van der Waals surface area contributed by atoms with E-state index in [4.69, 9.17) is 0 Å². The maximum atomic E-state index is 12.4. The smallest absolute Gasteiger partial charge is 0.257 e. The monoisotopic (exact) mass is 352 g/mol. The van der Waals surface area contributed by atoms with Crippen LogP contribution in [0.4, 0.5) is 10.8 Å². The van der Waals surface area contributed by atoms with E-state index in [1.165, 1.54) is 11.3 Å². The maximum Gasteiger partial charge on any atom is 0.257 e. The number of anilines is 2. The third-order valence-electron chi connectivity index (χ3n) is 3.59. The molecule has 6 nitrogen and oxygen atoms in total. The van der Waals surface area contributed by atoms with Crippen molar-refractivity contribution in [2.45, 2.75) is 13.3 Å². The number of nitrogens with one attached hydrogen (secondary N) is 2.